The van der Waals surface area contributed by atoms with Gasteiger partial charge in [-0.3, -0.25) is 11.3 Å². The van der Waals surface area contributed by atoms with Crippen LogP contribution in [0, 0.1) is 26.6 Å². The van der Waals surface area contributed by atoms with Crippen LogP contribution in [0.3, 0.4) is 0 Å². The molecule has 0 aromatic heterocycles. The van der Waals surface area contributed by atoms with Gasteiger partial charge in [0.25, 0.3) is 0 Å². The smallest absolute Gasteiger partial charge is 0.129 e. The summed E-state index contributed by atoms with van der Waals surface area (Å²) in [5, 5.41) is 0.384. The van der Waals surface area contributed by atoms with Crippen LogP contribution in [-0.4, -0.2) is 0 Å². The average Bonchev–Trinajstić information content (AvgIpc) is 2.39. The van der Waals surface area contributed by atoms with Crippen LogP contribution in [0.4, 0.5) is 4.39 Å². The van der Waals surface area contributed by atoms with Crippen molar-refractivity contribution in [3.63, 3.8) is 0 Å². The van der Waals surface area contributed by atoms with Crippen LogP contribution < -0.4 is 11.3 Å². The standard InChI is InChI=1S/C17H20ClFN2/c1-10-6-11(2)15(12(3)7-10)9-17(21-20)14-5-4-13(18)8-16(14)19/h4-8,17,21H,9,20H2,1-3H3. The van der Waals surface area contributed by atoms with Gasteiger partial charge in [0, 0.05) is 10.6 Å². The van der Waals surface area contributed by atoms with Gasteiger partial charge in [-0.05, 0) is 56.0 Å². The molecule has 2 rings (SSSR count). The van der Waals surface area contributed by atoms with E-state index >= 15 is 0 Å². The zero-order chi connectivity index (χ0) is 15.6. The van der Waals surface area contributed by atoms with Gasteiger partial charge in [-0.25, -0.2) is 4.39 Å². The predicted molar refractivity (Wildman–Crippen MR) is 85.8 cm³/mol. The van der Waals surface area contributed by atoms with E-state index < -0.39 is 0 Å². The number of rotatable bonds is 4. The van der Waals surface area contributed by atoms with E-state index in [0.717, 1.165) is 0 Å². The molecule has 1 atom stereocenters. The van der Waals surface area contributed by atoms with E-state index in [1.165, 1.54) is 28.3 Å². The minimum absolute atomic E-state index is 0.289. The van der Waals surface area contributed by atoms with Crippen LogP contribution in [0.15, 0.2) is 30.3 Å². The number of hydrogen-bond acceptors (Lipinski definition) is 2. The van der Waals surface area contributed by atoms with Crippen molar-refractivity contribution in [2.45, 2.75) is 33.2 Å². The lowest BCUT2D eigenvalue weighted by molar-refractivity contribution is 0.509. The molecular weight excluding hydrogens is 287 g/mol. The topological polar surface area (TPSA) is 38.0 Å². The van der Waals surface area contributed by atoms with Crippen molar-refractivity contribution < 1.29 is 4.39 Å². The second-order valence-electron chi connectivity index (χ2n) is 5.47. The highest BCUT2D eigenvalue weighted by atomic mass is 35.5. The number of nitrogens with one attached hydrogen (secondary N) is 1. The van der Waals surface area contributed by atoms with Gasteiger partial charge < -0.3 is 0 Å². The van der Waals surface area contributed by atoms with Gasteiger partial charge in [-0.1, -0.05) is 35.4 Å². The fraction of sp³-hybridized carbons (Fsp3) is 0.294. The molecule has 0 saturated heterocycles. The monoisotopic (exact) mass is 306 g/mol. The molecule has 0 aliphatic rings. The maximum absolute atomic E-state index is 14.1. The summed E-state index contributed by atoms with van der Waals surface area (Å²) >= 11 is 5.80. The lowest BCUT2D eigenvalue weighted by Gasteiger charge is -2.20. The minimum Gasteiger partial charge on any atom is -0.271 e. The molecule has 1 unspecified atom stereocenters. The van der Waals surface area contributed by atoms with Crippen LogP contribution in [0.5, 0.6) is 0 Å². The molecule has 0 bridgehead atoms. The van der Waals surface area contributed by atoms with Crippen molar-refractivity contribution in [1.82, 2.24) is 5.43 Å². The van der Waals surface area contributed by atoms with Crippen LogP contribution in [-0.2, 0) is 6.42 Å². The lowest BCUT2D eigenvalue weighted by atomic mass is 9.92. The molecule has 21 heavy (non-hydrogen) atoms. The molecule has 2 aromatic rings. The maximum Gasteiger partial charge on any atom is 0.129 e. The Bertz CT molecular complexity index is 632. The highest BCUT2D eigenvalue weighted by Gasteiger charge is 2.17. The van der Waals surface area contributed by atoms with Crippen molar-refractivity contribution in [2.75, 3.05) is 0 Å². The Labute approximate surface area is 130 Å². The SMILES string of the molecule is Cc1cc(C)c(CC(NN)c2ccc(Cl)cc2F)c(C)c1. The lowest BCUT2D eigenvalue weighted by Crippen LogP contribution is -2.30. The molecule has 2 aromatic carbocycles. The summed E-state index contributed by atoms with van der Waals surface area (Å²) in [6, 6.07) is 8.65. The molecule has 0 fully saturated rings. The number of benzene rings is 2. The molecule has 4 heteroatoms. The zero-order valence-electron chi connectivity index (χ0n) is 12.5. The van der Waals surface area contributed by atoms with E-state index in [1.54, 1.807) is 12.1 Å². The third-order valence-electron chi connectivity index (χ3n) is 3.79. The molecule has 0 radical (unpaired) electrons. The van der Waals surface area contributed by atoms with Gasteiger partial charge in [0.15, 0.2) is 0 Å². The summed E-state index contributed by atoms with van der Waals surface area (Å²) in [6.07, 6.45) is 0.632. The van der Waals surface area contributed by atoms with Crippen molar-refractivity contribution in [1.29, 1.82) is 0 Å². The average molecular weight is 307 g/mol. The van der Waals surface area contributed by atoms with E-state index in [0.29, 0.717) is 17.0 Å². The van der Waals surface area contributed by atoms with Gasteiger partial charge in [-0.2, -0.15) is 0 Å². The molecule has 3 N–H and O–H groups in total. The number of hydrazine groups is 1. The third kappa shape index (κ3) is 3.62. The Morgan fingerprint density at radius 2 is 1.76 bits per heavy atom. The number of halogens is 2. The fourth-order valence-corrected chi connectivity index (χ4v) is 2.94. The summed E-state index contributed by atoms with van der Waals surface area (Å²) in [6.45, 7) is 6.21. The maximum atomic E-state index is 14.1. The Kier molecular flexibility index (Phi) is 4.99. The Morgan fingerprint density at radius 3 is 2.29 bits per heavy atom. The quantitative estimate of drug-likeness (QED) is 0.658. The van der Waals surface area contributed by atoms with E-state index in [-0.39, 0.29) is 11.9 Å². The molecule has 0 aliphatic carbocycles. The molecular formula is C17H20ClFN2. The summed E-state index contributed by atoms with van der Waals surface area (Å²) in [4.78, 5) is 0. The first kappa shape index (κ1) is 16.0. The first-order valence-corrected chi connectivity index (χ1v) is 7.28. The van der Waals surface area contributed by atoms with Crippen molar-refractivity contribution >= 4 is 11.6 Å². The molecule has 0 amide bonds. The number of aryl methyl sites for hydroxylation is 3. The second-order valence-corrected chi connectivity index (χ2v) is 5.90. The third-order valence-corrected chi connectivity index (χ3v) is 4.02. The molecule has 0 aliphatic heterocycles. The predicted octanol–water partition coefficient (Wildman–Crippen LogP) is 4.15. The Hall–Kier alpha value is -1.42. The zero-order valence-corrected chi connectivity index (χ0v) is 13.3. The van der Waals surface area contributed by atoms with Crippen LogP contribution in [0.2, 0.25) is 5.02 Å². The second kappa shape index (κ2) is 6.56. The van der Waals surface area contributed by atoms with Gasteiger partial charge in [-0.15, -0.1) is 0 Å². The number of hydrogen-bond donors (Lipinski definition) is 2. The summed E-state index contributed by atoms with van der Waals surface area (Å²) < 4.78 is 14.1. The molecule has 112 valence electrons. The van der Waals surface area contributed by atoms with E-state index in [1.807, 2.05) is 0 Å². The first-order chi connectivity index (χ1) is 9.92. The van der Waals surface area contributed by atoms with E-state index in [4.69, 9.17) is 17.4 Å². The fourth-order valence-electron chi connectivity index (χ4n) is 2.78. The van der Waals surface area contributed by atoms with Crippen LogP contribution in [0.25, 0.3) is 0 Å². The van der Waals surface area contributed by atoms with Crippen molar-refractivity contribution in [2.24, 2.45) is 5.84 Å². The van der Waals surface area contributed by atoms with Crippen molar-refractivity contribution in [3.05, 3.63) is 69.0 Å². The molecule has 2 nitrogen and oxygen atoms in total. The minimum atomic E-state index is -0.340. The Morgan fingerprint density at radius 1 is 1.14 bits per heavy atom. The summed E-state index contributed by atoms with van der Waals surface area (Å²) in [5.74, 6) is 5.30. The van der Waals surface area contributed by atoms with E-state index in [9.17, 15) is 4.39 Å². The van der Waals surface area contributed by atoms with Gasteiger partial charge in [0.2, 0.25) is 0 Å². The highest BCUT2D eigenvalue weighted by molar-refractivity contribution is 6.30. The Balaban J connectivity index is 2.36. The largest absolute Gasteiger partial charge is 0.271 e. The highest BCUT2D eigenvalue weighted by Crippen LogP contribution is 2.26. The summed E-state index contributed by atoms with van der Waals surface area (Å²) in [7, 11) is 0. The molecule has 0 saturated carbocycles. The molecule has 0 heterocycles. The van der Waals surface area contributed by atoms with Crippen LogP contribution >= 0.6 is 11.6 Å². The normalized spacial score (nSPS) is 12.5. The van der Waals surface area contributed by atoms with Gasteiger partial charge in [0.1, 0.15) is 5.82 Å². The summed E-state index contributed by atoms with van der Waals surface area (Å²) in [5.41, 5.74) is 8.05. The van der Waals surface area contributed by atoms with Crippen LogP contribution in [0.1, 0.15) is 33.9 Å². The van der Waals surface area contributed by atoms with Gasteiger partial charge in [0.05, 0.1) is 6.04 Å². The van der Waals surface area contributed by atoms with Gasteiger partial charge >= 0.3 is 0 Å². The number of nitrogens with two attached hydrogens (primary N) is 1. The molecule has 0 spiro atoms. The van der Waals surface area contributed by atoms with E-state index in [2.05, 4.69) is 38.3 Å². The first-order valence-electron chi connectivity index (χ1n) is 6.90. The van der Waals surface area contributed by atoms with Crippen molar-refractivity contribution in [3.8, 4) is 0 Å².